The summed E-state index contributed by atoms with van der Waals surface area (Å²) < 4.78 is 34.8. The van der Waals surface area contributed by atoms with E-state index in [0.29, 0.717) is 32.8 Å². The Morgan fingerprint density at radius 3 is 2.54 bits per heavy atom. The molecular formula is C17H27N3O3S. The van der Waals surface area contributed by atoms with Crippen LogP contribution in [0.1, 0.15) is 30.0 Å². The van der Waals surface area contributed by atoms with Crippen LogP contribution in [0.3, 0.4) is 0 Å². The van der Waals surface area contributed by atoms with Crippen LogP contribution in [0, 0.1) is 6.92 Å². The van der Waals surface area contributed by atoms with E-state index >= 15 is 0 Å². The zero-order valence-corrected chi connectivity index (χ0v) is 15.1. The van der Waals surface area contributed by atoms with E-state index in [1.54, 1.807) is 4.31 Å². The van der Waals surface area contributed by atoms with Crippen molar-refractivity contribution in [3.63, 3.8) is 0 Å². The summed E-state index contributed by atoms with van der Waals surface area (Å²) in [7, 11) is -3.39. The van der Waals surface area contributed by atoms with Crippen LogP contribution in [-0.2, 0) is 14.9 Å². The third kappa shape index (κ3) is 4.34. The molecule has 3 rings (SSSR count). The van der Waals surface area contributed by atoms with Crippen molar-refractivity contribution in [2.75, 3.05) is 45.9 Å². The van der Waals surface area contributed by atoms with E-state index in [1.165, 1.54) is 5.56 Å². The molecule has 0 saturated carbocycles. The fraction of sp³-hybridized carbons (Fsp3) is 0.647. The molecule has 2 aliphatic rings. The second kappa shape index (κ2) is 7.93. The molecule has 0 aromatic heterocycles. The molecule has 0 bridgehead atoms. The van der Waals surface area contributed by atoms with E-state index < -0.39 is 10.2 Å². The van der Waals surface area contributed by atoms with Gasteiger partial charge in [-0.15, -0.1) is 0 Å². The molecule has 134 valence electrons. The first-order valence-corrected chi connectivity index (χ1v) is 10.1. The van der Waals surface area contributed by atoms with E-state index in [1.807, 2.05) is 6.07 Å². The Hall–Kier alpha value is -0.990. The van der Waals surface area contributed by atoms with Crippen molar-refractivity contribution in [3.8, 4) is 0 Å². The summed E-state index contributed by atoms with van der Waals surface area (Å²) in [4.78, 5) is 2.31. The topological polar surface area (TPSA) is 61.9 Å². The number of ether oxygens (including phenoxy) is 1. The Balaban J connectivity index is 1.74. The molecule has 1 aromatic carbocycles. The SMILES string of the molecule is Cc1cccc(C(CNS(=O)(=O)N2CCCC2)N2CCOCC2)c1. The van der Waals surface area contributed by atoms with Gasteiger partial charge in [0.2, 0.25) is 0 Å². The van der Waals surface area contributed by atoms with Gasteiger partial charge >= 0.3 is 0 Å². The van der Waals surface area contributed by atoms with Crippen molar-refractivity contribution in [2.24, 2.45) is 0 Å². The molecule has 0 amide bonds. The van der Waals surface area contributed by atoms with E-state index in [0.717, 1.165) is 31.5 Å². The predicted octanol–water partition coefficient (Wildman–Crippen LogP) is 1.30. The smallest absolute Gasteiger partial charge is 0.279 e. The van der Waals surface area contributed by atoms with Crippen molar-refractivity contribution in [3.05, 3.63) is 35.4 Å². The number of nitrogens with one attached hydrogen (secondary N) is 1. The minimum absolute atomic E-state index is 0.0335. The summed E-state index contributed by atoms with van der Waals surface area (Å²) in [6.07, 6.45) is 1.90. The molecule has 1 atom stereocenters. The fourth-order valence-electron chi connectivity index (χ4n) is 3.43. The number of hydrogen-bond donors (Lipinski definition) is 1. The quantitative estimate of drug-likeness (QED) is 0.837. The van der Waals surface area contributed by atoms with Crippen molar-refractivity contribution in [2.45, 2.75) is 25.8 Å². The lowest BCUT2D eigenvalue weighted by molar-refractivity contribution is 0.0171. The molecule has 1 aromatic rings. The maximum Gasteiger partial charge on any atom is 0.279 e. The number of nitrogens with zero attached hydrogens (tertiary/aromatic N) is 2. The summed E-state index contributed by atoms with van der Waals surface area (Å²) in [5.74, 6) is 0. The highest BCUT2D eigenvalue weighted by Gasteiger charge is 2.28. The zero-order chi connectivity index (χ0) is 17.0. The Morgan fingerprint density at radius 1 is 1.17 bits per heavy atom. The lowest BCUT2D eigenvalue weighted by atomic mass is 10.0. The number of benzene rings is 1. The van der Waals surface area contributed by atoms with Crippen molar-refractivity contribution in [1.29, 1.82) is 0 Å². The molecule has 0 spiro atoms. The van der Waals surface area contributed by atoms with Crippen LogP contribution in [0.15, 0.2) is 24.3 Å². The standard InChI is InChI=1S/C17H27N3O3S/c1-15-5-4-6-16(13-15)17(19-9-11-23-12-10-19)14-18-24(21,22)20-7-2-3-8-20/h4-6,13,17-18H,2-3,7-12,14H2,1H3. The van der Waals surface area contributed by atoms with Crippen LogP contribution in [0.2, 0.25) is 0 Å². The van der Waals surface area contributed by atoms with Gasteiger partial charge in [0.1, 0.15) is 0 Å². The average Bonchev–Trinajstić information content (AvgIpc) is 3.11. The minimum atomic E-state index is -3.39. The van der Waals surface area contributed by atoms with Gasteiger partial charge in [-0.3, -0.25) is 4.90 Å². The largest absolute Gasteiger partial charge is 0.379 e. The maximum absolute atomic E-state index is 12.5. The van der Waals surface area contributed by atoms with E-state index in [2.05, 4.69) is 34.7 Å². The summed E-state index contributed by atoms with van der Waals surface area (Å²) in [5.41, 5.74) is 2.34. The van der Waals surface area contributed by atoms with Crippen LogP contribution >= 0.6 is 0 Å². The van der Waals surface area contributed by atoms with Crippen molar-refractivity contribution < 1.29 is 13.2 Å². The molecule has 2 fully saturated rings. The Labute approximate surface area is 145 Å². The van der Waals surface area contributed by atoms with Gasteiger partial charge in [-0.05, 0) is 25.3 Å². The van der Waals surface area contributed by atoms with E-state index in [-0.39, 0.29) is 6.04 Å². The van der Waals surface area contributed by atoms with Crippen LogP contribution in [-0.4, -0.2) is 63.6 Å². The highest BCUT2D eigenvalue weighted by molar-refractivity contribution is 7.87. The van der Waals surface area contributed by atoms with E-state index in [9.17, 15) is 8.42 Å². The highest BCUT2D eigenvalue weighted by atomic mass is 32.2. The molecular weight excluding hydrogens is 326 g/mol. The van der Waals surface area contributed by atoms with Crippen molar-refractivity contribution >= 4 is 10.2 Å². The second-order valence-corrected chi connectivity index (χ2v) is 8.29. The van der Waals surface area contributed by atoms with Gasteiger partial charge in [0.25, 0.3) is 10.2 Å². The molecule has 0 aliphatic carbocycles. The first-order valence-electron chi connectivity index (χ1n) is 8.69. The number of aryl methyl sites for hydroxylation is 1. The van der Waals surface area contributed by atoms with Gasteiger partial charge in [0.05, 0.1) is 13.2 Å². The van der Waals surface area contributed by atoms with Gasteiger partial charge in [0, 0.05) is 38.8 Å². The van der Waals surface area contributed by atoms with Crippen LogP contribution < -0.4 is 4.72 Å². The van der Waals surface area contributed by atoms with Crippen LogP contribution in [0.4, 0.5) is 0 Å². The highest BCUT2D eigenvalue weighted by Crippen LogP contribution is 2.23. The summed E-state index contributed by atoms with van der Waals surface area (Å²) >= 11 is 0. The average molecular weight is 353 g/mol. The Morgan fingerprint density at radius 2 is 1.88 bits per heavy atom. The number of hydrogen-bond acceptors (Lipinski definition) is 4. The van der Waals surface area contributed by atoms with Gasteiger partial charge in [-0.1, -0.05) is 29.8 Å². The maximum atomic E-state index is 12.5. The second-order valence-electron chi connectivity index (χ2n) is 6.54. The lowest BCUT2D eigenvalue weighted by Gasteiger charge is -2.35. The first-order chi connectivity index (χ1) is 11.6. The molecule has 1 unspecified atom stereocenters. The third-order valence-corrected chi connectivity index (χ3v) is 6.35. The number of rotatable bonds is 6. The lowest BCUT2D eigenvalue weighted by Crippen LogP contribution is -2.46. The molecule has 6 nitrogen and oxygen atoms in total. The fourth-order valence-corrected chi connectivity index (χ4v) is 4.72. The molecule has 7 heteroatoms. The van der Waals surface area contributed by atoms with Gasteiger partial charge < -0.3 is 4.74 Å². The zero-order valence-electron chi connectivity index (χ0n) is 14.3. The summed E-state index contributed by atoms with van der Waals surface area (Å²) in [6.45, 7) is 6.75. The molecule has 2 saturated heterocycles. The monoisotopic (exact) mass is 353 g/mol. The minimum Gasteiger partial charge on any atom is -0.379 e. The van der Waals surface area contributed by atoms with E-state index in [4.69, 9.17) is 4.74 Å². The third-order valence-electron chi connectivity index (χ3n) is 4.78. The van der Waals surface area contributed by atoms with Gasteiger partial charge in [-0.25, -0.2) is 4.72 Å². The van der Waals surface area contributed by atoms with Crippen molar-refractivity contribution in [1.82, 2.24) is 13.9 Å². The molecule has 2 heterocycles. The molecule has 0 radical (unpaired) electrons. The molecule has 2 aliphatic heterocycles. The summed E-state index contributed by atoms with van der Waals surface area (Å²) in [6, 6.07) is 8.36. The normalized spacial score (nSPS) is 21.9. The molecule has 24 heavy (non-hydrogen) atoms. The Bertz CT molecular complexity index is 638. The Kier molecular flexibility index (Phi) is 5.89. The first kappa shape index (κ1) is 17.8. The molecule has 1 N–H and O–H groups in total. The predicted molar refractivity (Wildman–Crippen MR) is 94.0 cm³/mol. The van der Waals surface area contributed by atoms with Gasteiger partial charge in [-0.2, -0.15) is 12.7 Å². The van der Waals surface area contributed by atoms with Gasteiger partial charge in [0.15, 0.2) is 0 Å². The van der Waals surface area contributed by atoms with Crippen LogP contribution in [0.5, 0.6) is 0 Å². The summed E-state index contributed by atoms with van der Waals surface area (Å²) in [5, 5.41) is 0. The van der Waals surface area contributed by atoms with Crippen LogP contribution in [0.25, 0.3) is 0 Å². The number of morpholine rings is 1.